The molecule has 14 heavy (non-hydrogen) atoms. The van der Waals surface area contributed by atoms with E-state index in [1.54, 1.807) is 6.20 Å². The average molecular weight is 196 g/mol. The van der Waals surface area contributed by atoms with Crippen LogP contribution in [0.5, 0.6) is 0 Å². The zero-order valence-corrected chi connectivity index (χ0v) is 8.60. The van der Waals surface area contributed by atoms with E-state index in [4.69, 9.17) is 0 Å². The third-order valence-electron chi connectivity index (χ3n) is 2.01. The maximum atomic E-state index is 11.4. The first-order chi connectivity index (χ1) is 6.63. The Balaban J connectivity index is 2.72. The summed E-state index contributed by atoms with van der Waals surface area (Å²) >= 11 is 0. The molecule has 1 aromatic heterocycles. The first-order valence-corrected chi connectivity index (χ1v) is 4.85. The maximum absolute atomic E-state index is 11.4. The molecule has 1 rings (SSSR count). The molecule has 1 heterocycles. The Bertz CT molecular complexity index is 346. The van der Waals surface area contributed by atoms with Crippen LogP contribution in [0.25, 0.3) is 0 Å². The van der Waals surface area contributed by atoms with E-state index in [0.29, 0.717) is 6.42 Å². The number of aryl methyl sites for hydroxylation is 1. The number of aliphatic hydroxyl groups excluding tert-OH is 1. The van der Waals surface area contributed by atoms with Crippen molar-refractivity contribution in [3.8, 4) is 0 Å². The van der Waals surface area contributed by atoms with Gasteiger partial charge in [0.2, 0.25) is 0 Å². The van der Waals surface area contributed by atoms with Gasteiger partial charge in [-0.1, -0.05) is 13.3 Å². The fourth-order valence-electron chi connectivity index (χ4n) is 1.29. The lowest BCUT2D eigenvalue weighted by atomic mass is 10.2. The second-order valence-electron chi connectivity index (χ2n) is 3.50. The molecular formula is C10H16N2O2. The molecule has 1 N–H and O–H groups in total. The molecule has 0 fully saturated rings. The number of aliphatic hydroxyl groups is 1. The van der Waals surface area contributed by atoms with E-state index < -0.39 is 6.10 Å². The molecule has 78 valence electrons. The topological polar surface area (TPSA) is 55.1 Å². The van der Waals surface area contributed by atoms with Crippen LogP contribution in [0.3, 0.4) is 0 Å². The van der Waals surface area contributed by atoms with Crippen molar-refractivity contribution in [3.05, 3.63) is 28.2 Å². The number of hydrogen-bond acceptors (Lipinski definition) is 3. The van der Waals surface area contributed by atoms with Gasteiger partial charge in [-0.15, -0.1) is 0 Å². The first kappa shape index (κ1) is 10.9. The first-order valence-electron chi connectivity index (χ1n) is 4.85. The molecule has 1 unspecified atom stereocenters. The summed E-state index contributed by atoms with van der Waals surface area (Å²) < 4.78 is 1.30. The van der Waals surface area contributed by atoms with Gasteiger partial charge in [0.1, 0.15) is 0 Å². The quantitative estimate of drug-likeness (QED) is 0.771. The predicted molar refractivity (Wildman–Crippen MR) is 54.1 cm³/mol. The minimum absolute atomic E-state index is 0.153. The lowest BCUT2D eigenvalue weighted by Crippen LogP contribution is -2.28. The van der Waals surface area contributed by atoms with Crippen LogP contribution in [0.15, 0.2) is 17.1 Å². The monoisotopic (exact) mass is 196 g/mol. The van der Waals surface area contributed by atoms with Gasteiger partial charge in [-0.25, -0.2) is 4.68 Å². The van der Waals surface area contributed by atoms with Gasteiger partial charge in [-0.2, -0.15) is 5.10 Å². The second kappa shape index (κ2) is 4.91. The Kier molecular flexibility index (Phi) is 3.83. The van der Waals surface area contributed by atoms with Crippen LogP contribution in [0.4, 0.5) is 0 Å². The standard InChI is InChI=1S/C10H16N2O2/c1-3-4-9(13)7-12-10(14)5-8(2)6-11-12/h5-6,9,13H,3-4,7H2,1-2H3. The molecule has 0 saturated carbocycles. The Hall–Kier alpha value is -1.16. The van der Waals surface area contributed by atoms with Crippen LogP contribution in [-0.4, -0.2) is 21.0 Å². The van der Waals surface area contributed by atoms with Gasteiger partial charge in [-0.05, 0) is 18.9 Å². The molecule has 4 heteroatoms. The van der Waals surface area contributed by atoms with Crippen LogP contribution in [0.2, 0.25) is 0 Å². The summed E-state index contributed by atoms with van der Waals surface area (Å²) in [4.78, 5) is 11.4. The van der Waals surface area contributed by atoms with E-state index in [2.05, 4.69) is 5.10 Å². The number of aromatic nitrogens is 2. The Morgan fingerprint density at radius 3 is 2.93 bits per heavy atom. The van der Waals surface area contributed by atoms with Crippen LogP contribution >= 0.6 is 0 Å². The molecule has 0 bridgehead atoms. The Morgan fingerprint density at radius 2 is 2.36 bits per heavy atom. The van der Waals surface area contributed by atoms with Crippen molar-refractivity contribution in [2.75, 3.05) is 0 Å². The zero-order valence-electron chi connectivity index (χ0n) is 8.60. The summed E-state index contributed by atoms with van der Waals surface area (Å²) in [6.45, 7) is 4.10. The highest BCUT2D eigenvalue weighted by atomic mass is 16.3. The molecule has 4 nitrogen and oxygen atoms in total. The van der Waals surface area contributed by atoms with Gasteiger partial charge in [0.05, 0.1) is 18.8 Å². The van der Waals surface area contributed by atoms with E-state index >= 15 is 0 Å². The third kappa shape index (κ3) is 2.96. The largest absolute Gasteiger partial charge is 0.391 e. The molecule has 0 aliphatic rings. The number of rotatable bonds is 4. The number of nitrogens with zero attached hydrogens (tertiary/aromatic N) is 2. The van der Waals surface area contributed by atoms with Gasteiger partial charge in [0.25, 0.3) is 5.56 Å². The molecular weight excluding hydrogens is 180 g/mol. The van der Waals surface area contributed by atoms with Crippen LogP contribution in [0, 0.1) is 6.92 Å². The normalized spacial score (nSPS) is 12.8. The van der Waals surface area contributed by atoms with E-state index in [9.17, 15) is 9.90 Å². The highest BCUT2D eigenvalue weighted by molar-refractivity contribution is 5.02. The molecule has 0 amide bonds. The van der Waals surface area contributed by atoms with Crippen LogP contribution in [0.1, 0.15) is 25.3 Å². The SMILES string of the molecule is CCCC(O)Cn1ncc(C)cc1=O. The van der Waals surface area contributed by atoms with Crippen molar-refractivity contribution in [1.82, 2.24) is 9.78 Å². The minimum Gasteiger partial charge on any atom is -0.391 e. The minimum atomic E-state index is -0.479. The van der Waals surface area contributed by atoms with Crippen molar-refractivity contribution in [1.29, 1.82) is 0 Å². The Morgan fingerprint density at radius 1 is 1.64 bits per heavy atom. The van der Waals surface area contributed by atoms with E-state index in [-0.39, 0.29) is 12.1 Å². The van der Waals surface area contributed by atoms with Gasteiger partial charge >= 0.3 is 0 Å². The van der Waals surface area contributed by atoms with Crippen molar-refractivity contribution in [3.63, 3.8) is 0 Å². The summed E-state index contributed by atoms with van der Waals surface area (Å²) in [5, 5.41) is 13.4. The van der Waals surface area contributed by atoms with Gasteiger partial charge in [0.15, 0.2) is 0 Å². The van der Waals surface area contributed by atoms with E-state index in [1.165, 1.54) is 10.7 Å². The van der Waals surface area contributed by atoms with Crippen LogP contribution < -0.4 is 5.56 Å². The fraction of sp³-hybridized carbons (Fsp3) is 0.600. The molecule has 1 aromatic rings. The van der Waals surface area contributed by atoms with Gasteiger partial charge in [0, 0.05) is 6.07 Å². The van der Waals surface area contributed by atoms with E-state index in [1.807, 2.05) is 13.8 Å². The fourth-order valence-corrected chi connectivity index (χ4v) is 1.29. The lowest BCUT2D eigenvalue weighted by molar-refractivity contribution is 0.137. The summed E-state index contributed by atoms with van der Waals surface area (Å²) in [5.74, 6) is 0. The molecule has 0 aliphatic heterocycles. The molecule has 1 atom stereocenters. The summed E-state index contributed by atoms with van der Waals surface area (Å²) in [7, 11) is 0. The predicted octanol–water partition coefficient (Wildman–Crippen LogP) is 0.713. The summed E-state index contributed by atoms with van der Waals surface area (Å²) in [6.07, 6.45) is 2.75. The molecule has 0 aliphatic carbocycles. The zero-order chi connectivity index (χ0) is 10.6. The maximum Gasteiger partial charge on any atom is 0.267 e. The summed E-state index contributed by atoms with van der Waals surface area (Å²) in [5.41, 5.74) is 0.691. The summed E-state index contributed by atoms with van der Waals surface area (Å²) in [6, 6.07) is 1.52. The van der Waals surface area contributed by atoms with E-state index in [0.717, 1.165) is 12.0 Å². The van der Waals surface area contributed by atoms with Crippen LogP contribution in [-0.2, 0) is 6.54 Å². The molecule has 0 spiro atoms. The van der Waals surface area contributed by atoms with Gasteiger partial charge in [-0.3, -0.25) is 4.79 Å². The molecule has 0 saturated heterocycles. The lowest BCUT2D eigenvalue weighted by Gasteiger charge is -2.09. The smallest absolute Gasteiger partial charge is 0.267 e. The Labute approximate surface area is 83.2 Å². The second-order valence-corrected chi connectivity index (χ2v) is 3.50. The number of hydrogen-bond donors (Lipinski definition) is 1. The van der Waals surface area contributed by atoms with Crippen molar-refractivity contribution >= 4 is 0 Å². The van der Waals surface area contributed by atoms with Crippen molar-refractivity contribution < 1.29 is 5.11 Å². The highest BCUT2D eigenvalue weighted by Gasteiger charge is 2.05. The highest BCUT2D eigenvalue weighted by Crippen LogP contribution is 1.97. The average Bonchev–Trinajstić information content (AvgIpc) is 2.10. The molecule has 0 aromatic carbocycles. The molecule has 0 radical (unpaired) electrons. The van der Waals surface area contributed by atoms with Crippen molar-refractivity contribution in [2.45, 2.75) is 39.3 Å². The third-order valence-corrected chi connectivity index (χ3v) is 2.01. The van der Waals surface area contributed by atoms with Crippen molar-refractivity contribution in [2.24, 2.45) is 0 Å². The van der Waals surface area contributed by atoms with Gasteiger partial charge < -0.3 is 5.11 Å².